The molecule has 0 fully saturated rings. The van der Waals surface area contributed by atoms with Crippen LogP contribution in [0.1, 0.15) is 5.56 Å². The van der Waals surface area contributed by atoms with E-state index in [1.807, 2.05) is 6.07 Å². The van der Waals surface area contributed by atoms with Crippen LogP contribution in [-0.2, 0) is 4.79 Å². The highest BCUT2D eigenvalue weighted by Crippen LogP contribution is 2.28. The minimum Gasteiger partial charge on any atom is -0.493 e. The molecule has 0 aliphatic heterocycles. The van der Waals surface area contributed by atoms with Gasteiger partial charge in [0.15, 0.2) is 11.5 Å². The standard InChI is InChI=1S/C17H15Cl2NO3/c1-22-15-7-3-11(9-16(15)23-2)4-8-17(21)20-14-10-12(18)5-6-13(14)19/h3-10H,1-2H3,(H,20,21)/b8-4+. The van der Waals surface area contributed by atoms with Gasteiger partial charge in [0, 0.05) is 11.1 Å². The maximum absolute atomic E-state index is 12.0. The van der Waals surface area contributed by atoms with Gasteiger partial charge in [-0.15, -0.1) is 0 Å². The molecule has 1 amide bonds. The first kappa shape index (κ1) is 17.2. The number of carbonyl (C=O) groups excluding carboxylic acids is 1. The first-order chi connectivity index (χ1) is 11.0. The van der Waals surface area contributed by atoms with Crippen molar-refractivity contribution in [2.75, 3.05) is 19.5 Å². The maximum atomic E-state index is 12.0. The number of anilines is 1. The molecule has 0 saturated heterocycles. The van der Waals surface area contributed by atoms with Crippen molar-refractivity contribution in [1.82, 2.24) is 0 Å². The number of carbonyl (C=O) groups is 1. The molecule has 0 aliphatic rings. The number of benzene rings is 2. The third kappa shape index (κ3) is 4.65. The molecule has 0 aliphatic carbocycles. The summed E-state index contributed by atoms with van der Waals surface area (Å²) in [4.78, 5) is 12.0. The van der Waals surface area contributed by atoms with E-state index in [1.165, 1.54) is 6.08 Å². The van der Waals surface area contributed by atoms with Crippen molar-refractivity contribution in [3.05, 3.63) is 58.1 Å². The van der Waals surface area contributed by atoms with E-state index in [9.17, 15) is 4.79 Å². The zero-order valence-corrected chi connectivity index (χ0v) is 14.1. The normalized spacial score (nSPS) is 10.6. The van der Waals surface area contributed by atoms with Crippen LogP contribution in [0.3, 0.4) is 0 Å². The molecule has 0 heterocycles. The van der Waals surface area contributed by atoms with Gasteiger partial charge in [-0.3, -0.25) is 4.79 Å². The highest BCUT2D eigenvalue weighted by atomic mass is 35.5. The summed E-state index contributed by atoms with van der Waals surface area (Å²) in [6.07, 6.45) is 3.06. The zero-order valence-electron chi connectivity index (χ0n) is 12.6. The highest BCUT2D eigenvalue weighted by molar-refractivity contribution is 6.35. The average Bonchev–Trinajstić information content (AvgIpc) is 2.56. The minimum absolute atomic E-state index is 0.316. The third-order valence-corrected chi connectivity index (χ3v) is 3.59. The van der Waals surface area contributed by atoms with E-state index in [0.717, 1.165) is 5.56 Å². The lowest BCUT2D eigenvalue weighted by molar-refractivity contribution is -0.111. The summed E-state index contributed by atoms with van der Waals surface area (Å²) in [5, 5.41) is 3.59. The van der Waals surface area contributed by atoms with Crippen molar-refractivity contribution >= 4 is 40.9 Å². The van der Waals surface area contributed by atoms with Gasteiger partial charge in [0.05, 0.1) is 24.9 Å². The third-order valence-electron chi connectivity index (χ3n) is 3.02. The molecule has 0 bridgehead atoms. The first-order valence-corrected chi connectivity index (χ1v) is 7.45. The van der Waals surface area contributed by atoms with Crippen LogP contribution in [0.25, 0.3) is 6.08 Å². The quantitative estimate of drug-likeness (QED) is 0.796. The maximum Gasteiger partial charge on any atom is 0.248 e. The molecule has 2 aromatic carbocycles. The predicted molar refractivity (Wildman–Crippen MR) is 93.7 cm³/mol. The van der Waals surface area contributed by atoms with E-state index < -0.39 is 0 Å². The summed E-state index contributed by atoms with van der Waals surface area (Å²) in [5.74, 6) is 0.900. The molecular weight excluding hydrogens is 337 g/mol. The Labute approximate surface area is 144 Å². The van der Waals surface area contributed by atoms with Crippen LogP contribution >= 0.6 is 23.2 Å². The van der Waals surface area contributed by atoms with Crippen LogP contribution in [-0.4, -0.2) is 20.1 Å². The van der Waals surface area contributed by atoms with Crippen LogP contribution in [0.2, 0.25) is 10.0 Å². The van der Waals surface area contributed by atoms with Gasteiger partial charge in [0.1, 0.15) is 0 Å². The molecule has 23 heavy (non-hydrogen) atoms. The summed E-state index contributed by atoms with van der Waals surface area (Å²) in [6, 6.07) is 10.2. The van der Waals surface area contributed by atoms with Crippen molar-refractivity contribution in [3.63, 3.8) is 0 Å². The second-order valence-corrected chi connectivity index (χ2v) is 5.40. The van der Waals surface area contributed by atoms with Gasteiger partial charge in [-0.1, -0.05) is 29.3 Å². The molecule has 0 spiro atoms. The molecule has 4 nitrogen and oxygen atoms in total. The lowest BCUT2D eigenvalue weighted by atomic mass is 10.2. The Hall–Kier alpha value is -2.17. The van der Waals surface area contributed by atoms with Crippen molar-refractivity contribution in [1.29, 1.82) is 0 Å². The zero-order chi connectivity index (χ0) is 16.8. The molecule has 6 heteroatoms. The summed E-state index contributed by atoms with van der Waals surface area (Å²) in [7, 11) is 3.12. The number of nitrogens with one attached hydrogen (secondary N) is 1. The SMILES string of the molecule is COc1ccc(/C=C/C(=O)Nc2cc(Cl)ccc2Cl)cc1OC. The number of rotatable bonds is 5. The van der Waals surface area contributed by atoms with Gasteiger partial charge in [0.2, 0.25) is 5.91 Å². The van der Waals surface area contributed by atoms with Crippen LogP contribution in [0, 0.1) is 0 Å². The van der Waals surface area contributed by atoms with Gasteiger partial charge in [0.25, 0.3) is 0 Å². The molecule has 2 rings (SSSR count). The Morgan fingerprint density at radius 3 is 2.48 bits per heavy atom. The molecule has 120 valence electrons. The summed E-state index contributed by atoms with van der Waals surface area (Å²) < 4.78 is 10.4. The molecule has 0 radical (unpaired) electrons. The van der Waals surface area contributed by atoms with Crippen LogP contribution < -0.4 is 14.8 Å². The second-order valence-electron chi connectivity index (χ2n) is 4.56. The van der Waals surface area contributed by atoms with Gasteiger partial charge in [-0.25, -0.2) is 0 Å². The topological polar surface area (TPSA) is 47.6 Å². The van der Waals surface area contributed by atoms with Crippen LogP contribution in [0.15, 0.2) is 42.5 Å². The fourth-order valence-electron chi connectivity index (χ4n) is 1.90. The highest BCUT2D eigenvalue weighted by Gasteiger charge is 2.05. The van der Waals surface area contributed by atoms with E-state index in [0.29, 0.717) is 27.2 Å². The molecule has 2 aromatic rings. The summed E-state index contributed by atoms with van der Waals surface area (Å²) in [6.45, 7) is 0. The van der Waals surface area contributed by atoms with Gasteiger partial charge < -0.3 is 14.8 Å². The average molecular weight is 352 g/mol. The van der Waals surface area contributed by atoms with Gasteiger partial charge in [-0.05, 0) is 42.0 Å². The number of amides is 1. The van der Waals surface area contributed by atoms with Crippen LogP contribution in [0.4, 0.5) is 5.69 Å². The van der Waals surface area contributed by atoms with Crippen molar-refractivity contribution in [3.8, 4) is 11.5 Å². The number of methoxy groups -OCH3 is 2. The molecule has 1 N–H and O–H groups in total. The van der Waals surface area contributed by atoms with E-state index in [2.05, 4.69) is 5.32 Å². The lowest BCUT2D eigenvalue weighted by Crippen LogP contribution is -2.08. The molecular formula is C17H15Cl2NO3. The second kappa shape index (κ2) is 7.90. The van der Waals surface area contributed by atoms with E-state index >= 15 is 0 Å². The Morgan fingerprint density at radius 2 is 1.78 bits per heavy atom. The summed E-state index contributed by atoms with van der Waals surface area (Å²) >= 11 is 11.9. The van der Waals surface area contributed by atoms with Crippen molar-refractivity contribution in [2.45, 2.75) is 0 Å². The van der Waals surface area contributed by atoms with Gasteiger partial charge >= 0.3 is 0 Å². The number of hydrogen-bond donors (Lipinski definition) is 1. The van der Waals surface area contributed by atoms with Crippen LogP contribution in [0.5, 0.6) is 11.5 Å². The van der Waals surface area contributed by atoms with E-state index in [1.54, 1.807) is 50.6 Å². The Morgan fingerprint density at radius 1 is 1.04 bits per heavy atom. The van der Waals surface area contributed by atoms with E-state index in [-0.39, 0.29) is 5.91 Å². The predicted octanol–water partition coefficient (Wildman–Crippen LogP) is 4.66. The monoisotopic (exact) mass is 351 g/mol. The smallest absolute Gasteiger partial charge is 0.248 e. The molecule has 0 atom stereocenters. The number of halogens is 2. The largest absolute Gasteiger partial charge is 0.493 e. The lowest BCUT2D eigenvalue weighted by Gasteiger charge is -2.08. The minimum atomic E-state index is -0.316. The van der Waals surface area contributed by atoms with E-state index in [4.69, 9.17) is 32.7 Å². The Kier molecular flexibility index (Phi) is 5.90. The molecule has 0 aromatic heterocycles. The first-order valence-electron chi connectivity index (χ1n) is 6.69. The number of ether oxygens (including phenoxy) is 2. The molecule has 0 saturated carbocycles. The van der Waals surface area contributed by atoms with Crippen molar-refractivity contribution < 1.29 is 14.3 Å². The summed E-state index contributed by atoms with van der Waals surface area (Å²) in [5.41, 5.74) is 1.26. The molecule has 0 unspecified atom stereocenters. The Balaban J connectivity index is 2.10. The van der Waals surface area contributed by atoms with Crippen molar-refractivity contribution in [2.24, 2.45) is 0 Å². The fraction of sp³-hybridized carbons (Fsp3) is 0.118. The fourth-order valence-corrected chi connectivity index (χ4v) is 2.23. The van der Waals surface area contributed by atoms with Gasteiger partial charge in [-0.2, -0.15) is 0 Å². The number of hydrogen-bond acceptors (Lipinski definition) is 3. The Bertz CT molecular complexity index is 745.